The molecule has 1 aromatic rings. The Balaban J connectivity index is 2.93. The van der Waals surface area contributed by atoms with Gasteiger partial charge in [0.05, 0.1) is 17.6 Å². The van der Waals surface area contributed by atoms with Crippen LogP contribution in [0.15, 0.2) is 10.9 Å². The lowest BCUT2D eigenvalue weighted by atomic mass is 10.5. The number of halogens is 1. The molecule has 1 aromatic heterocycles. The molecule has 0 aromatic carbocycles. The first-order valence-corrected chi connectivity index (χ1v) is 6.44. The highest BCUT2D eigenvalue weighted by molar-refractivity contribution is 9.10. The van der Waals surface area contributed by atoms with Gasteiger partial charge in [-0.1, -0.05) is 6.92 Å². The van der Waals surface area contributed by atoms with Gasteiger partial charge in [-0.3, -0.25) is 0 Å². The van der Waals surface area contributed by atoms with E-state index in [-0.39, 0.29) is 11.5 Å². The topological polar surface area (TPSA) is 52.0 Å². The Morgan fingerprint density at radius 2 is 2.23 bits per heavy atom. The maximum absolute atomic E-state index is 11.3. The molecule has 0 aliphatic rings. The maximum atomic E-state index is 11.3. The maximum Gasteiger partial charge on any atom is 0.177 e. The summed E-state index contributed by atoms with van der Waals surface area (Å²) in [6, 6.07) is 0. The molecular formula is C7H11BrN2O2S. The van der Waals surface area contributed by atoms with Crippen LogP contribution in [-0.2, 0) is 22.6 Å². The molecule has 0 saturated carbocycles. The number of nitrogens with zero attached hydrogens (tertiary/aromatic N) is 2. The summed E-state index contributed by atoms with van der Waals surface area (Å²) in [6.07, 6.45) is 1.57. The third kappa shape index (κ3) is 2.54. The molecule has 0 aliphatic heterocycles. The van der Waals surface area contributed by atoms with Crippen LogP contribution < -0.4 is 0 Å². The van der Waals surface area contributed by atoms with E-state index in [0.29, 0.717) is 10.4 Å². The van der Waals surface area contributed by atoms with Crippen LogP contribution in [0.3, 0.4) is 0 Å². The van der Waals surface area contributed by atoms with E-state index in [2.05, 4.69) is 20.9 Å². The molecule has 0 radical (unpaired) electrons. The molecule has 13 heavy (non-hydrogen) atoms. The van der Waals surface area contributed by atoms with E-state index in [0.717, 1.165) is 0 Å². The SMILES string of the molecule is CCS(=O)(=O)Cc1cnc(Br)n1C. The van der Waals surface area contributed by atoms with Gasteiger partial charge in [-0.25, -0.2) is 13.4 Å². The minimum Gasteiger partial charge on any atom is -0.325 e. The van der Waals surface area contributed by atoms with Crippen LogP contribution in [-0.4, -0.2) is 23.7 Å². The number of hydrogen-bond donors (Lipinski definition) is 0. The van der Waals surface area contributed by atoms with Gasteiger partial charge >= 0.3 is 0 Å². The zero-order chi connectivity index (χ0) is 10.1. The van der Waals surface area contributed by atoms with Crippen molar-refractivity contribution in [3.8, 4) is 0 Å². The monoisotopic (exact) mass is 266 g/mol. The molecule has 1 rings (SSSR count). The summed E-state index contributed by atoms with van der Waals surface area (Å²) in [7, 11) is -1.19. The summed E-state index contributed by atoms with van der Waals surface area (Å²) in [5.41, 5.74) is 0.703. The van der Waals surface area contributed by atoms with Gasteiger partial charge in [-0.05, 0) is 15.9 Å². The van der Waals surface area contributed by atoms with Crippen molar-refractivity contribution in [2.45, 2.75) is 12.7 Å². The summed E-state index contributed by atoms with van der Waals surface area (Å²) >= 11 is 3.20. The summed E-state index contributed by atoms with van der Waals surface area (Å²) in [6.45, 7) is 1.64. The molecular weight excluding hydrogens is 256 g/mol. The molecule has 0 N–H and O–H groups in total. The summed E-state index contributed by atoms with van der Waals surface area (Å²) < 4.78 is 24.9. The number of rotatable bonds is 3. The fraction of sp³-hybridized carbons (Fsp3) is 0.571. The predicted octanol–water partition coefficient (Wildman–Crippen LogP) is 1.12. The molecule has 0 bridgehead atoms. The molecule has 4 nitrogen and oxygen atoms in total. The van der Waals surface area contributed by atoms with Crippen molar-refractivity contribution in [3.63, 3.8) is 0 Å². The van der Waals surface area contributed by atoms with Gasteiger partial charge in [0.1, 0.15) is 0 Å². The minimum absolute atomic E-state index is 0.0542. The third-order valence-electron chi connectivity index (χ3n) is 1.84. The van der Waals surface area contributed by atoms with Gasteiger partial charge < -0.3 is 4.57 Å². The van der Waals surface area contributed by atoms with E-state index in [1.165, 1.54) is 0 Å². The van der Waals surface area contributed by atoms with Crippen LogP contribution in [0.4, 0.5) is 0 Å². The Morgan fingerprint density at radius 3 is 2.62 bits per heavy atom. The molecule has 6 heteroatoms. The van der Waals surface area contributed by atoms with Crippen molar-refractivity contribution >= 4 is 25.8 Å². The quantitative estimate of drug-likeness (QED) is 0.824. The summed E-state index contributed by atoms with van der Waals surface area (Å²) in [5.74, 6) is 0.217. The van der Waals surface area contributed by atoms with E-state index in [1.54, 1.807) is 24.7 Å². The summed E-state index contributed by atoms with van der Waals surface area (Å²) in [5, 5.41) is 0. The normalized spacial score (nSPS) is 11.9. The highest BCUT2D eigenvalue weighted by atomic mass is 79.9. The van der Waals surface area contributed by atoms with Crippen molar-refractivity contribution in [2.75, 3.05) is 5.75 Å². The fourth-order valence-electron chi connectivity index (χ4n) is 0.881. The first-order valence-electron chi connectivity index (χ1n) is 3.83. The number of hydrogen-bond acceptors (Lipinski definition) is 3. The molecule has 74 valence electrons. The fourth-order valence-corrected chi connectivity index (χ4v) is 2.13. The van der Waals surface area contributed by atoms with E-state index in [1.807, 2.05) is 0 Å². The highest BCUT2D eigenvalue weighted by Gasteiger charge is 2.12. The Labute approximate surface area is 86.0 Å². The van der Waals surface area contributed by atoms with Gasteiger partial charge in [0.2, 0.25) is 0 Å². The van der Waals surface area contributed by atoms with Crippen LogP contribution >= 0.6 is 15.9 Å². The smallest absolute Gasteiger partial charge is 0.177 e. The van der Waals surface area contributed by atoms with Crippen molar-refractivity contribution in [2.24, 2.45) is 7.05 Å². The Hall–Kier alpha value is -0.360. The molecule has 0 spiro atoms. The number of sulfone groups is 1. The zero-order valence-corrected chi connectivity index (χ0v) is 9.89. The van der Waals surface area contributed by atoms with E-state index in [9.17, 15) is 8.42 Å². The number of aromatic nitrogens is 2. The lowest BCUT2D eigenvalue weighted by Gasteiger charge is -2.02. The van der Waals surface area contributed by atoms with Gasteiger partial charge in [0.25, 0.3) is 0 Å². The average molecular weight is 267 g/mol. The van der Waals surface area contributed by atoms with Crippen molar-refractivity contribution in [1.82, 2.24) is 9.55 Å². The zero-order valence-electron chi connectivity index (χ0n) is 7.49. The highest BCUT2D eigenvalue weighted by Crippen LogP contribution is 2.12. The lowest BCUT2D eigenvalue weighted by molar-refractivity contribution is 0.594. The Kier molecular flexibility index (Phi) is 3.13. The van der Waals surface area contributed by atoms with Crippen molar-refractivity contribution in [3.05, 3.63) is 16.6 Å². The van der Waals surface area contributed by atoms with Crippen LogP contribution in [0, 0.1) is 0 Å². The Morgan fingerprint density at radius 1 is 1.62 bits per heavy atom. The lowest BCUT2D eigenvalue weighted by Crippen LogP contribution is -2.09. The molecule has 0 atom stereocenters. The van der Waals surface area contributed by atoms with Gasteiger partial charge in [0.15, 0.2) is 14.6 Å². The standard InChI is InChI=1S/C7H11BrN2O2S/c1-3-13(11,12)5-6-4-9-7(8)10(6)2/h4H,3,5H2,1-2H3. The average Bonchev–Trinajstić information content (AvgIpc) is 2.36. The Bertz CT molecular complexity index is 397. The van der Waals surface area contributed by atoms with Crippen LogP contribution in [0.5, 0.6) is 0 Å². The molecule has 1 heterocycles. The van der Waals surface area contributed by atoms with Gasteiger partial charge in [0, 0.05) is 12.8 Å². The molecule has 0 fully saturated rings. The second-order valence-corrected chi connectivity index (χ2v) is 5.82. The first kappa shape index (κ1) is 10.7. The van der Waals surface area contributed by atoms with E-state index < -0.39 is 9.84 Å². The van der Waals surface area contributed by atoms with Crippen molar-refractivity contribution < 1.29 is 8.42 Å². The van der Waals surface area contributed by atoms with E-state index >= 15 is 0 Å². The second-order valence-electron chi connectivity index (χ2n) is 2.75. The first-order chi connectivity index (χ1) is 5.96. The molecule has 0 saturated heterocycles. The summed E-state index contributed by atoms with van der Waals surface area (Å²) in [4.78, 5) is 3.95. The minimum atomic E-state index is -2.96. The van der Waals surface area contributed by atoms with Crippen molar-refractivity contribution in [1.29, 1.82) is 0 Å². The van der Waals surface area contributed by atoms with Crippen LogP contribution in [0.25, 0.3) is 0 Å². The predicted molar refractivity (Wildman–Crippen MR) is 54.1 cm³/mol. The molecule has 0 aliphatic carbocycles. The molecule has 0 unspecified atom stereocenters. The van der Waals surface area contributed by atoms with Crippen LogP contribution in [0.1, 0.15) is 12.6 Å². The number of imidazole rings is 1. The largest absolute Gasteiger partial charge is 0.325 e. The molecule has 0 amide bonds. The van der Waals surface area contributed by atoms with Crippen LogP contribution in [0.2, 0.25) is 0 Å². The second kappa shape index (κ2) is 3.79. The third-order valence-corrected chi connectivity index (χ3v) is 4.19. The van der Waals surface area contributed by atoms with E-state index in [4.69, 9.17) is 0 Å². The van der Waals surface area contributed by atoms with Gasteiger partial charge in [-0.15, -0.1) is 0 Å². The van der Waals surface area contributed by atoms with Gasteiger partial charge in [-0.2, -0.15) is 0 Å².